The van der Waals surface area contributed by atoms with Crippen LogP contribution in [-0.4, -0.2) is 34.2 Å². The Kier molecular flexibility index (Phi) is 5.61. The van der Waals surface area contributed by atoms with E-state index in [0.29, 0.717) is 24.8 Å². The van der Waals surface area contributed by atoms with Crippen molar-refractivity contribution in [2.75, 3.05) is 19.7 Å². The predicted molar refractivity (Wildman–Crippen MR) is 83.0 cm³/mol. The molecule has 1 heterocycles. The second-order valence-corrected chi connectivity index (χ2v) is 7.55. The van der Waals surface area contributed by atoms with E-state index < -0.39 is 10.0 Å². The van der Waals surface area contributed by atoms with Crippen molar-refractivity contribution < 1.29 is 13.2 Å². The van der Waals surface area contributed by atoms with Crippen molar-refractivity contribution in [3.63, 3.8) is 0 Å². The molecule has 1 fully saturated rings. The maximum Gasteiger partial charge on any atom is 0.240 e. The van der Waals surface area contributed by atoms with Crippen molar-refractivity contribution in [2.24, 2.45) is 5.92 Å². The van der Waals surface area contributed by atoms with Gasteiger partial charge in [0, 0.05) is 12.6 Å². The van der Waals surface area contributed by atoms with E-state index in [9.17, 15) is 8.42 Å². The molecular weight excluding hydrogens is 288 g/mol. The molecule has 0 bridgehead atoms. The van der Waals surface area contributed by atoms with Gasteiger partial charge in [0.2, 0.25) is 10.0 Å². The average molecular weight is 312 g/mol. The summed E-state index contributed by atoms with van der Waals surface area (Å²) in [6.45, 7) is 6.41. The van der Waals surface area contributed by atoms with E-state index in [1.807, 2.05) is 0 Å². The van der Waals surface area contributed by atoms with Crippen molar-refractivity contribution in [3.05, 3.63) is 24.3 Å². The summed E-state index contributed by atoms with van der Waals surface area (Å²) in [5.74, 6) is 1.14. The summed E-state index contributed by atoms with van der Waals surface area (Å²) in [6, 6.07) is 6.56. The van der Waals surface area contributed by atoms with Crippen molar-refractivity contribution in [2.45, 2.75) is 37.6 Å². The van der Waals surface area contributed by atoms with E-state index in [1.165, 1.54) is 0 Å². The van der Waals surface area contributed by atoms with Crippen molar-refractivity contribution in [3.8, 4) is 5.75 Å². The first-order chi connectivity index (χ1) is 9.97. The Morgan fingerprint density at radius 3 is 2.62 bits per heavy atom. The van der Waals surface area contributed by atoms with Gasteiger partial charge in [-0.25, -0.2) is 13.1 Å². The molecule has 1 aliphatic rings. The predicted octanol–water partition coefficient (Wildman–Crippen LogP) is 1.75. The molecule has 1 aromatic carbocycles. The molecule has 1 aliphatic heterocycles. The van der Waals surface area contributed by atoms with Gasteiger partial charge in [0.25, 0.3) is 0 Å². The van der Waals surface area contributed by atoms with Crippen LogP contribution in [-0.2, 0) is 10.0 Å². The summed E-state index contributed by atoms with van der Waals surface area (Å²) in [7, 11) is -3.45. The van der Waals surface area contributed by atoms with Gasteiger partial charge in [-0.15, -0.1) is 0 Å². The molecule has 2 N–H and O–H groups in total. The van der Waals surface area contributed by atoms with Crippen molar-refractivity contribution >= 4 is 10.0 Å². The molecule has 118 valence electrons. The van der Waals surface area contributed by atoms with Crippen LogP contribution in [0, 0.1) is 5.92 Å². The average Bonchev–Trinajstić information content (AvgIpc) is 2.46. The van der Waals surface area contributed by atoms with Gasteiger partial charge < -0.3 is 10.1 Å². The molecule has 21 heavy (non-hydrogen) atoms. The Morgan fingerprint density at radius 2 is 2.05 bits per heavy atom. The minimum atomic E-state index is -3.45. The van der Waals surface area contributed by atoms with E-state index in [0.717, 1.165) is 19.4 Å². The molecule has 0 unspecified atom stereocenters. The smallest absolute Gasteiger partial charge is 0.240 e. The van der Waals surface area contributed by atoms with Crippen LogP contribution in [0.2, 0.25) is 0 Å². The summed E-state index contributed by atoms with van der Waals surface area (Å²) in [4.78, 5) is 0.282. The lowest BCUT2D eigenvalue weighted by atomic mass is 10.1. The van der Waals surface area contributed by atoms with Gasteiger partial charge in [-0.2, -0.15) is 0 Å². The largest absolute Gasteiger partial charge is 0.493 e. The van der Waals surface area contributed by atoms with Crippen LogP contribution >= 0.6 is 0 Å². The molecule has 0 aromatic heterocycles. The number of benzene rings is 1. The molecule has 0 amide bonds. The fourth-order valence-corrected chi connectivity index (χ4v) is 3.49. The number of rotatable bonds is 6. The monoisotopic (exact) mass is 312 g/mol. The Balaban J connectivity index is 1.99. The van der Waals surface area contributed by atoms with Crippen LogP contribution in [0.3, 0.4) is 0 Å². The van der Waals surface area contributed by atoms with Gasteiger partial charge in [-0.1, -0.05) is 13.8 Å². The van der Waals surface area contributed by atoms with Gasteiger partial charge >= 0.3 is 0 Å². The van der Waals surface area contributed by atoms with Crippen LogP contribution in [0.15, 0.2) is 29.2 Å². The zero-order chi connectivity index (χ0) is 15.3. The first-order valence-corrected chi connectivity index (χ1v) is 8.91. The van der Waals surface area contributed by atoms with Gasteiger partial charge in [-0.3, -0.25) is 0 Å². The molecule has 5 nitrogen and oxygen atoms in total. The third-order valence-electron chi connectivity index (χ3n) is 3.34. The lowest BCUT2D eigenvalue weighted by Crippen LogP contribution is -2.45. The van der Waals surface area contributed by atoms with Crippen molar-refractivity contribution in [1.82, 2.24) is 10.0 Å². The summed E-state index contributed by atoms with van der Waals surface area (Å²) < 4.78 is 32.9. The quantitative estimate of drug-likeness (QED) is 0.840. The van der Waals surface area contributed by atoms with Crippen LogP contribution in [0.4, 0.5) is 0 Å². The first kappa shape index (κ1) is 16.3. The fourth-order valence-electron chi connectivity index (χ4n) is 2.22. The highest BCUT2D eigenvalue weighted by Crippen LogP contribution is 2.17. The van der Waals surface area contributed by atoms with Gasteiger partial charge in [-0.05, 0) is 49.6 Å². The van der Waals surface area contributed by atoms with Crippen LogP contribution in [0.1, 0.15) is 26.7 Å². The number of piperidine rings is 1. The normalized spacial score (nSPS) is 19.7. The Hall–Kier alpha value is -1.11. The molecule has 0 spiro atoms. The minimum Gasteiger partial charge on any atom is -0.493 e. The topological polar surface area (TPSA) is 67.4 Å². The summed E-state index contributed by atoms with van der Waals surface area (Å²) >= 11 is 0. The molecule has 0 radical (unpaired) electrons. The van der Waals surface area contributed by atoms with E-state index in [4.69, 9.17) is 4.74 Å². The third-order valence-corrected chi connectivity index (χ3v) is 4.87. The van der Waals surface area contributed by atoms with Gasteiger partial charge in [0.15, 0.2) is 0 Å². The molecule has 0 aliphatic carbocycles. The Morgan fingerprint density at radius 1 is 1.33 bits per heavy atom. The van der Waals surface area contributed by atoms with E-state index in [1.54, 1.807) is 24.3 Å². The lowest BCUT2D eigenvalue weighted by Gasteiger charge is -2.23. The van der Waals surface area contributed by atoms with Crippen molar-refractivity contribution in [1.29, 1.82) is 0 Å². The second-order valence-electron chi connectivity index (χ2n) is 5.84. The highest BCUT2D eigenvalue weighted by molar-refractivity contribution is 7.89. The molecule has 6 heteroatoms. The standard InChI is InChI=1S/C15H24N2O3S/c1-12(2)11-20-14-5-7-15(8-6-14)21(18,19)17-13-4-3-9-16-10-13/h5-8,12-13,16-17H,3-4,9-11H2,1-2H3/t13-/m0/s1. The summed E-state index contributed by atoms with van der Waals surface area (Å²) in [5, 5.41) is 3.20. The first-order valence-electron chi connectivity index (χ1n) is 7.43. The molecule has 0 saturated carbocycles. The molecule has 2 rings (SSSR count). The number of ether oxygens (including phenoxy) is 1. The highest BCUT2D eigenvalue weighted by atomic mass is 32.2. The summed E-state index contributed by atoms with van der Waals surface area (Å²) in [5.41, 5.74) is 0. The van der Waals surface area contributed by atoms with Gasteiger partial charge in [0.05, 0.1) is 11.5 Å². The Bertz CT molecular complexity index is 535. The van der Waals surface area contributed by atoms with Gasteiger partial charge in [0.1, 0.15) is 5.75 Å². The molecular formula is C15H24N2O3S. The lowest BCUT2D eigenvalue weighted by molar-refractivity contribution is 0.271. The van der Waals surface area contributed by atoms with E-state index in [-0.39, 0.29) is 10.9 Å². The minimum absolute atomic E-state index is 0.0272. The maximum absolute atomic E-state index is 12.3. The number of sulfonamides is 1. The SMILES string of the molecule is CC(C)COc1ccc(S(=O)(=O)N[C@H]2CCCNC2)cc1. The van der Waals surface area contributed by atoms with E-state index >= 15 is 0 Å². The molecule has 1 atom stereocenters. The second kappa shape index (κ2) is 7.24. The maximum atomic E-state index is 12.3. The molecule has 1 aromatic rings. The zero-order valence-corrected chi connectivity index (χ0v) is 13.4. The molecule has 1 saturated heterocycles. The zero-order valence-electron chi connectivity index (χ0n) is 12.6. The van der Waals surface area contributed by atoms with Crippen LogP contribution < -0.4 is 14.8 Å². The fraction of sp³-hybridized carbons (Fsp3) is 0.600. The third kappa shape index (κ3) is 4.98. The number of hydrogen-bond acceptors (Lipinski definition) is 4. The summed E-state index contributed by atoms with van der Waals surface area (Å²) in [6.07, 6.45) is 1.87. The van der Waals surface area contributed by atoms with Crippen LogP contribution in [0.25, 0.3) is 0 Å². The number of hydrogen-bond donors (Lipinski definition) is 2. The highest BCUT2D eigenvalue weighted by Gasteiger charge is 2.21. The number of nitrogens with one attached hydrogen (secondary N) is 2. The Labute approximate surface area is 127 Å². The van der Waals surface area contributed by atoms with E-state index in [2.05, 4.69) is 23.9 Å². The van der Waals surface area contributed by atoms with Crippen LogP contribution in [0.5, 0.6) is 5.75 Å².